The Kier molecular flexibility index (Phi) is 5.58. The minimum Gasteiger partial charge on any atom is -0.379 e. The zero-order chi connectivity index (χ0) is 16.1. The van der Waals surface area contributed by atoms with E-state index in [1.54, 1.807) is 0 Å². The molecule has 128 valence electrons. The topological polar surface area (TPSA) is 62.6 Å². The van der Waals surface area contributed by atoms with Crippen LogP contribution >= 0.6 is 0 Å². The van der Waals surface area contributed by atoms with E-state index in [9.17, 15) is 9.18 Å². The molecule has 1 aromatic heterocycles. The van der Waals surface area contributed by atoms with Crippen LogP contribution in [0.4, 0.5) is 10.2 Å². The number of aromatic nitrogens is 2. The molecule has 2 saturated heterocycles. The summed E-state index contributed by atoms with van der Waals surface area (Å²) in [5.41, 5.74) is -0.415. The molecule has 8 heteroatoms. The molecule has 0 spiro atoms. The summed E-state index contributed by atoms with van der Waals surface area (Å²) >= 11 is 0. The molecule has 3 rings (SSSR count). The number of hydrogen-bond acceptors (Lipinski definition) is 6. The third-order valence-electron chi connectivity index (χ3n) is 4.32. The van der Waals surface area contributed by atoms with Gasteiger partial charge in [-0.2, -0.15) is 4.98 Å². The van der Waals surface area contributed by atoms with Crippen LogP contribution < -0.4 is 11.0 Å². The van der Waals surface area contributed by atoms with Crippen LogP contribution in [0.2, 0.25) is 0 Å². The number of anilines is 1. The highest BCUT2D eigenvalue weighted by Gasteiger charge is 2.15. The average Bonchev–Trinajstić information content (AvgIpc) is 2.58. The molecule has 2 fully saturated rings. The molecule has 0 unspecified atom stereocenters. The van der Waals surface area contributed by atoms with E-state index >= 15 is 0 Å². The predicted octanol–water partition coefficient (Wildman–Crippen LogP) is 0.527. The Bertz CT molecular complexity index is 567. The molecule has 1 aromatic rings. The van der Waals surface area contributed by atoms with E-state index in [2.05, 4.69) is 20.1 Å². The van der Waals surface area contributed by atoms with Crippen molar-refractivity contribution in [3.63, 3.8) is 0 Å². The van der Waals surface area contributed by atoms with Crippen molar-refractivity contribution in [3.8, 4) is 0 Å². The van der Waals surface area contributed by atoms with Crippen LogP contribution in [0, 0.1) is 5.82 Å². The number of morpholine rings is 1. The lowest BCUT2D eigenvalue weighted by atomic mass is 10.1. The summed E-state index contributed by atoms with van der Waals surface area (Å²) in [6, 6.07) is 0. The molecule has 0 saturated carbocycles. The molecule has 0 aliphatic carbocycles. The van der Waals surface area contributed by atoms with E-state index in [0.717, 1.165) is 39.0 Å². The Balaban J connectivity index is 1.61. The first-order chi connectivity index (χ1) is 11.2. The first-order valence-corrected chi connectivity index (χ1v) is 8.26. The van der Waals surface area contributed by atoms with E-state index in [-0.39, 0.29) is 5.82 Å². The van der Waals surface area contributed by atoms with Gasteiger partial charge >= 0.3 is 5.69 Å². The van der Waals surface area contributed by atoms with Gasteiger partial charge in [-0.25, -0.2) is 9.18 Å². The molecule has 0 aromatic carbocycles. The van der Waals surface area contributed by atoms with Crippen molar-refractivity contribution in [2.45, 2.75) is 25.9 Å². The van der Waals surface area contributed by atoms with Crippen molar-refractivity contribution >= 4 is 5.82 Å². The van der Waals surface area contributed by atoms with Gasteiger partial charge in [0, 0.05) is 19.3 Å². The Morgan fingerprint density at radius 3 is 2.61 bits per heavy atom. The summed E-state index contributed by atoms with van der Waals surface area (Å²) in [5.74, 6) is -0.466. The summed E-state index contributed by atoms with van der Waals surface area (Å²) in [6.45, 7) is 5.71. The molecule has 3 heterocycles. The fourth-order valence-electron chi connectivity index (χ4n) is 2.95. The zero-order valence-corrected chi connectivity index (χ0v) is 13.3. The monoisotopic (exact) mass is 325 g/mol. The Hall–Kier alpha value is -1.51. The largest absolute Gasteiger partial charge is 0.379 e. The molecule has 2 aliphatic heterocycles. The predicted molar refractivity (Wildman–Crippen MR) is 84.8 cm³/mol. The molecule has 0 bridgehead atoms. The van der Waals surface area contributed by atoms with Crippen molar-refractivity contribution < 1.29 is 9.13 Å². The maximum atomic E-state index is 14.2. The molecule has 0 atom stereocenters. The van der Waals surface area contributed by atoms with Crippen LogP contribution in [0.25, 0.3) is 0 Å². The molecule has 0 radical (unpaired) electrons. The van der Waals surface area contributed by atoms with Crippen molar-refractivity contribution in [2.24, 2.45) is 0 Å². The quantitative estimate of drug-likeness (QED) is 0.852. The average molecular weight is 325 g/mol. The lowest BCUT2D eigenvalue weighted by molar-refractivity contribution is 0.0414. The van der Waals surface area contributed by atoms with Crippen LogP contribution in [0.1, 0.15) is 19.3 Å². The fourth-order valence-corrected chi connectivity index (χ4v) is 2.95. The Morgan fingerprint density at radius 2 is 1.87 bits per heavy atom. The van der Waals surface area contributed by atoms with Gasteiger partial charge in [0.05, 0.1) is 26.6 Å². The Morgan fingerprint density at radius 1 is 1.13 bits per heavy atom. The number of halogens is 1. The third kappa shape index (κ3) is 4.49. The highest BCUT2D eigenvalue weighted by atomic mass is 19.1. The molecular weight excluding hydrogens is 301 g/mol. The summed E-state index contributed by atoms with van der Waals surface area (Å²) in [5, 5.41) is 2.91. The van der Waals surface area contributed by atoms with Gasteiger partial charge in [0.15, 0.2) is 11.6 Å². The number of hydrogen-bond donors (Lipinski definition) is 1. The minimum atomic E-state index is -0.491. The van der Waals surface area contributed by atoms with Crippen LogP contribution in [0.5, 0.6) is 0 Å². The lowest BCUT2D eigenvalue weighted by Gasteiger charge is -2.27. The van der Waals surface area contributed by atoms with Crippen LogP contribution in [0.3, 0.4) is 0 Å². The van der Waals surface area contributed by atoms with Crippen LogP contribution in [-0.2, 0) is 11.4 Å². The highest BCUT2D eigenvalue weighted by molar-refractivity contribution is 5.33. The van der Waals surface area contributed by atoms with Gasteiger partial charge in [0.1, 0.15) is 0 Å². The van der Waals surface area contributed by atoms with Crippen molar-refractivity contribution in [1.82, 2.24) is 19.4 Å². The second-order valence-corrected chi connectivity index (χ2v) is 6.08. The molecular formula is C15H24FN5O2. The lowest BCUT2D eigenvalue weighted by Crippen LogP contribution is -2.40. The molecule has 7 nitrogen and oxygen atoms in total. The number of ether oxygens (including phenoxy) is 1. The van der Waals surface area contributed by atoms with Gasteiger partial charge in [-0.3, -0.25) is 14.4 Å². The first-order valence-electron chi connectivity index (χ1n) is 8.26. The number of piperidine rings is 1. The van der Waals surface area contributed by atoms with E-state index < -0.39 is 11.5 Å². The first kappa shape index (κ1) is 16.4. The van der Waals surface area contributed by atoms with Gasteiger partial charge in [-0.15, -0.1) is 0 Å². The van der Waals surface area contributed by atoms with Crippen LogP contribution in [-0.4, -0.2) is 65.4 Å². The number of nitrogens with one attached hydrogen (secondary N) is 1. The van der Waals surface area contributed by atoms with Crippen molar-refractivity contribution in [1.29, 1.82) is 0 Å². The van der Waals surface area contributed by atoms with Gasteiger partial charge < -0.3 is 10.1 Å². The fraction of sp³-hybridized carbons (Fsp3) is 0.733. The number of likely N-dealkylation sites (tertiary alicyclic amines) is 1. The number of nitrogens with zero attached hydrogens (tertiary/aromatic N) is 4. The Labute approximate surface area is 135 Å². The molecule has 0 amide bonds. The summed E-state index contributed by atoms with van der Waals surface area (Å²) < 4.78 is 20.8. The number of rotatable bonds is 5. The summed E-state index contributed by atoms with van der Waals surface area (Å²) in [7, 11) is 0. The smallest absolute Gasteiger partial charge is 0.350 e. The molecule has 1 N–H and O–H groups in total. The van der Waals surface area contributed by atoms with Gasteiger partial charge in [-0.05, 0) is 25.9 Å². The third-order valence-corrected chi connectivity index (χ3v) is 4.32. The maximum Gasteiger partial charge on any atom is 0.350 e. The maximum absolute atomic E-state index is 14.2. The standard InChI is InChI=1S/C15H24FN5O2/c16-13-10-21(12-20-4-2-1-3-5-20)15(22)18-14(13)17-11-19-6-8-23-9-7-19/h10H,1-9,11-12H2,(H,17,18,22). The van der Waals surface area contributed by atoms with Gasteiger partial charge in [-0.1, -0.05) is 6.42 Å². The summed E-state index contributed by atoms with van der Waals surface area (Å²) in [6.07, 6.45) is 4.74. The van der Waals surface area contributed by atoms with E-state index in [4.69, 9.17) is 4.74 Å². The molecule has 23 heavy (non-hydrogen) atoms. The SMILES string of the molecule is O=c1nc(NCN2CCOCC2)c(F)cn1CN1CCCCC1. The van der Waals surface area contributed by atoms with Gasteiger partial charge in [0.2, 0.25) is 0 Å². The zero-order valence-electron chi connectivity index (χ0n) is 13.3. The minimum absolute atomic E-state index is 0.0244. The highest BCUT2D eigenvalue weighted by Crippen LogP contribution is 2.11. The van der Waals surface area contributed by atoms with E-state index in [1.807, 2.05) is 0 Å². The van der Waals surface area contributed by atoms with E-state index in [1.165, 1.54) is 17.2 Å². The second kappa shape index (κ2) is 7.85. The summed E-state index contributed by atoms with van der Waals surface area (Å²) in [4.78, 5) is 20.2. The van der Waals surface area contributed by atoms with E-state index in [0.29, 0.717) is 26.6 Å². The second-order valence-electron chi connectivity index (χ2n) is 6.08. The van der Waals surface area contributed by atoms with Crippen molar-refractivity contribution in [2.75, 3.05) is 51.4 Å². The van der Waals surface area contributed by atoms with Gasteiger partial charge in [0.25, 0.3) is 0 Å². The normalized spacial score (nSPS) is 20.6. The van der Waals surface area contributed by atoms with Crippen molar-refractivity contribution in [3.05, 3.63) is 22.5 Å². The molecule has 2 aliphatic rings. The van der Waals surface area contributed by atoms with Crippen LogP contribution in [0.15, 0.2) is 11.0 Å².